The molecule has 14 heavy (non-hydrogen) atoms. The molecule has 0 saturated heterocycles. The number of ether oxygens (including phenoxy) is 1. The lowest BCUT2D eigenvalue weighted by atomic mass is 10.2. The molecule has 0 aliphatic carbocycles. The molecular weight excluding hydrogens is 293 g/mol. The fourth-order valence-corrected chi connectivity index (χ4v) is 1.88. The van der Waals surface area contributed by atoms with Gasteiger partial charge in [-0.2, -0.15) is 0 Å². The van der Waals surface area contributed by atoms with E-state index in [0.29, 0.717) is 5.75 Å². The van der Waals surface area contributed by atoms with E-state index in [4.69, 9.17) is 4.74 Å². The number of hydrogen-bond donors (Lipinski definition) is 1. The first-order valence-electron chi connectivity index (χ1n) is 4.03. The largest absolute Gasteiger partial charge is 0.504 e. The van der Waals surface area contributed by atoms with Crippen molar-refractivity contribution in [1.82, 2.24) is 4.98 Å². The first kappa shape index (κ1) is 9.51. The van der Waals surface area contributed by atoms with Gasteiger partial charge in [0, 0.05) is 21.2 Å². The zero-order valence-corrected chi connectivity index (χ0v) is 9.65. The normalized spacial score (nSPS) is 10.4. The van der Waals surface area contributed by atoms with Gasteiger partial charge in [-0.15, -0.1) is 0 Å². The molecule has 0 amide bonds. The molecule has 1 heterocycles. The highest BCUT2D eigenvalue weighted by atomic mass is 127. The molecule has 0 aliphatic heterocycles. The van der Waals surface area contributed by atoms with Gasteiger partial charge in [-0.05, 0) is 34.7 Å². The van der Waals surface area contributed by atoms with Crippen LogP contribution in [-0.2, 0) is 0 Å². The molecular formula is C10H8INO2. The van der Waals surface area contributed by atoms with Crippen LogP contribution in [0.5, 0.6) is 11.5 Å². The number of aromatic hydroxyl groups is 1. The molecule has 2 rings (SSSR count). The van der Waals surface area contributed by atoms with Gasteiger partial charge in [0.05, 0.1) is 12.6 Å². The summed E-state index contributed by atoms with van der Waals surface area (Å²) in [5.41, 5.74) is 0.773. The second kappa shape index (κ2) is 3.61. The standard InChI is InChI=1S/C10H8INO2/c1-14-10-4-6-7(11)2-3-12-8(6)5-9(10)13/h2-5,13H,1H3. The van der Waals surface area contributed by atoms with Crippen molar-refractivity contribution < 1.29 is 9.84 Å². The third-order valence-electron chi connectivity index (χ3n) is 1.99. The van der Waals surface area contributed by atoms with Gasteiger partial charge in [0.1, 0.15) is 0 Å². The quantitative estimate of drug-likeness (QED) is 0.823. The van der Waals surface area contributed by atoms with E-state index in [2.05, 4.69) is 27.6 Å². The lowest BCUT2D eigenvalue weighted by molar-refractivity contribution is 0.374. The lowest BCUT2D eigenvalue weighted by Crippen LogP contribution is -1.87. The zero-order chi connectivity index (χ0) is 10.1. The third-order valence-corrected chi connectivity index (χ3v) is 2.93. The number of methoxy groups -OCH3 is 1. The highest BCUT2D eigenvalue weighted by molar-refractivity contribution is 14.1. The molecule has 1 N–H and O–H groups in total. The van der Waals surface area contributed by atoms with E-state index in [1.54, 1.807) is 18.3 Å². The van der Waals surface area contributed by atoms with Crippen LogP contribution in [0, 0.1) is 3.57 Å². The first-order valence-corrected chi connectivity index (χ1v) is 5.11. The minimum absolute atomic E-state index is 0.120. The molecule has 0 spiro atoms. The number of fused-ring (bicyclic) bond motifs is 1. The number of hydrogen-bond acceptors (Lipinski definition) is 3. The monoisotopic (exact) mass is 301 g/mol. The van der Waals surface area contributed by atoms with Crippen LogP contribution in [0.2, 0.25) is 0 Å². The maximum absolute atomic E-state index is 9.53. The van der Waals surface area contributed by atoms with Crippen LogP contribution in [0.4, 0.5) is 0 Å². The molecule has 3 nitrogen and oxygen atoms in total. The van der Waals surface area contributed by atoms with E-state index >= 15 is 0 Å². The summed E-state index contributed by atoms with van der Waals surface area (Å²) in [6.45, 7) is 0. The van der Waals surface area contributed by atoms with Gasteiger partial charge < -0.3 is 9.84 Å². The Hall–Kier alpha value is -1.04. The summed E-state index contributed by atoms with van der Waals surface area (Å²) in [6.07, 6.45) is 1.72. The van der Waals surface area contributed by atoms with Gasteiger partial charge in [0.2, 0.25) is 0 Å². The Bertz CT molecular complexity index is 485. The molecule has 1 aromatic heterocycles. The van der Waals surface area contributed by atoms with Gasteiger partial charge in [-0.1, -0.05) is 0 Å². The third kappa shape index (κ3) is 1.50. The Balaban J connectivity index is 2.80. The summed E-state index contributed by atoms with van der Waals surface area (Å²) in [7, 11) is 1.53. The second-order valence-corrected chi connectivity index (χ2v) is 4.00. The molecule has 0 bridgehead atoms. The summed E-state index contributed by atoms with van der Waals surface area (Å²) in [4.78, 5) is 4.16. The van der Waals surface area contributed by atoms with E-state index in [1.165, 1.54) is 7.11 Å². The molecule has 72 valence electrons. The minimum Gasteiger partial charge on any atom is -0.504 e. The van der Waals surface area contributed by atoms with Crippen molar-refractivity contribution in [2.75, 3.05) is 7.11 Å². The first-order chi connectivity index (χ1) is 6.72. The zero-order valence-electron chi connectivity index (χ0n) is 7.49. The van der Waals surface area contributed by atoms with Crippen molar-refractivity contribution in [1.29, 1.82) is 0 Å². The van der Waals surface area contributed by atoms with Crippen molar-refractivity contribution in [3.63, 3.8) is 0 Å². The summed E-state index contributed by atoms with van der Waals surface area (Å²) < 4.78 is 6.12. The summed E-state index contributed by atoms with van der Waals surface area (Å²) in [5, 5.41) is 10.5. The number of benzene rings is 1. The Labute approximate surface area is 94.9 Å². The van der Waals surface area contributed by atoms with Crippen LogP contribution in [0.25, 0.3) is 10.9 Å². The Kier molecular flexibility index (Phi) is 2.45. The molecule has 2 aromatic rings. The van der Waals surface area contributed by atoms with E-state index in [-0.39, 0.29) is 5.75 Å². The average Bonchev–Trinajstić information content (AvgIpc) is 2.17. The average molecular weight is 301 g/mol. The number of rotatable bonds is 1. The summed E-state index contributed by atoms with van der Waals surface area (Å²) in [6, 6.07) is 5.31. The van der Waals surface area contributed by atoms with Crippen molar-refractivity contribution >= 4 is 33.5 Å². The predicted molar refractivity (Wildman–Crippen MR) is 62.7 cm³/mol. The van der Waals surface area contributed by atoms with E-state index in [1.807, 2.05) is 6.07 Å². The van der Waals surface area contributed by atoms with Crippen LogP contribution in [0.1, 0.15) is 0 Å². The smallest absolute Gasteiger partial charge is 0.161 e. The molecule has 0 fully saturated rings. The molecule has 4 heteroatoms. The van der Waals surface area contributed by atoms with Gasteiger partial charge in [-0.25, -0.2) is 0 Å². The SMILES string of the molecule is COc1cc2c(I)ccnc2cc1O. The van der Waals surface area contributed by atoms with Crippen molar-refractivity contribution in [2.45, 2.75) is 0 Å². The number of nitrogens with zero attached hydrogens (tertiary/aromatic N) is 1. The van der Waals surface area contributed by atoms with Crippen molar-refractivity contribution in [3.8, 4) is 11.5 Å². The maximum Gasteiger partial charge on any atom is 0.161 e. The van der Waals surface area contributed by atoms with Crippen LogP contribution in [-0.4, -0.2) is 17.2 Å². The molecule has 1 aromatic carbocycles. The van der Waals surface area contributed by atoms with Crippen LogP contribution < -0.4 is 4.74 Å². The maximum atomic E-state index is 9.53. The number of phenols is 1. The molecule has 0 atom stereocenters. The molecule has 0 saturated carbocycles. The van der Waals surface area contributed by atoms with Gasteiger partial charge in [0.25, 0.3) is 0 Å². The lowest BCUT2D eigenvalue weighted by Gasteiger charge is -2.05. The fraction of sp³-hybridized carbons (Fsp3) is 0.100. The highest BCUT2D eigenvalue weighted by Crippen LogP contribution is 2.31. The second-order valence-electron chi connectivity index (χ2n) is 2.83. The summed E-state index contributed by atoms with van der Waals surface area (Å²) >= 11 is 2.23. The Morgan fingerprint density at radius 3 is 2.93 bits per heavy atom. The number of aromatic nitrogens is 1. The minimum atomic E-state index is 0.120. The van der Waals surface area contributed by atoms with Gasteiger partial charge in [0.15, 0.2) is 11.5 Å². The Morgan fingerprint density at radius 1 is 1.43 bits per heavy atom. The van der Waals surface area contributed by atoms with Crippen LogP contribution in [0.15, 0.2) is 24.4 Å². The molecule has 0 radical (unpaired) electrons. The van der Waals surface area contributed by atoms with Crippen LogP contribution in [0.3, 0.4) is 0 Å². The number of halogens is 1. The number of phenolic OH excluding ortho intramolecular Hbond substituents is 1. The van der Waals surface area contributed by atoms with Gasteiger partial charge in [-0.3, -0.25) is 4.98 Å². The van der Waals surface area contributed by atoms with Crippen LogP contribution >= 0.6 is 22.6 Å². The Morgan fingerprint density at radius 2 is 2.21 bits per heavy atom. The summed E-state index contributed by atoms with van der Waals surface area (Å²) in [5.74, 6) is 0.595. The molecule has 0 unspecified atom stereocenters. The molecule has 0 aliphatic rings. The van der Waals surface area contributed by atoms with Crippen molar-refractivity contribution in [3.05, 3.63) is 28.0 Å². The van der Waals surface area contributed by atoms with E-state index in [0.717, 1.165) is 14.5 Å². The fourth-order valence-electron chi connectivity index (χ4n) is 1.29. The number of pyridine rings is 1. The van der Waals surface area contributed by atoms with Crippen molar-refractivity contribution in [2.24, 2.45) is 0 Å². The predicted octanol–water partition coefficient (Wildman–Crippen LogP) is 2.55. The van der Waals surface area contributed by atoms with E-state index in [9.17, 15) is 5.11 Å². The topological polar surface area (TPSA) is 42.4 Å². The highest BCUT2D eigenvalue weighted by Gasteiger charge is 2.06. The van der Waals surface area contributed by atoms with E-state index < -0.39 is 0 Å². The van der Waals surface area contributed by atoms with Gasteiger partial charge >= 0.3 is 0 Å².